The van der Waals surface area contributed by atoms with Crippen molar-refractivity contribution >= 4 is 22.4 Å². The maximum Gasteiger partial charge on any atom is 0.266 e. The molecule has 3 aromatic rings. The van der Waals surface area contributed by atoms with Crippen LogP contribution in [0.15, 0.2) is 53.9 Å². The molecule has 0 aliphatic rings. The Morgan fingerprint density at radius 3 is 2.60 bits per heavy atom. The second kappa shape index (κ2) is 7.40. The number of aromatic nitrogens is 1. The lowest BCUT2D eigenvalue weighted by atomic mass is 10.2. The van der Waals surface area contributed by atoms with Crippen LogP contribution in [0.1, 0.15) is 6.92 Å². The van der Waals surface area contributed by atoms with Crippen LogP contribution in [0.3, 0.4) is 0 Å². The summed E-state index contributed by atoms with van der Waals surface area (Å²) in [5, 5.41) is 4.77. The quantitative estimate of drug-likeness (QED) is 0.729. The fraction of sp³-hybridized carbons (Fsp3) is 0.111. The molecule has 1 heterocycles. The van der Waals surface area contributed by atoms with Crippen LogP contribution in [0.2, 0.25) is 0 Å². The second-order valence-electron chi connectivity index (χ2n) is 5.22. The number of hydrogen-bond acceptors (Lipinski definition) is 4. The number of nitrogens with one attached hydrogen (secondary N) is 1. The highest BCUT2D eigenvalue weighted by molar-refractivity contribution is 7.14. The Hall–Kier alpha value is -2.80. The van der Waals surface area contributed by atoms with Gasteiger partial charge in [-0.3, -0.25) is 10.1 Å². The summed E-state index contributed by atoms with van der Waals surface area (Å²) >= 11 is 1.24. The Balaban J connectivity index is 1.65. The molecule has 1 N–H and O–H groups in total. The monoisotopic (exact) mass is 360 g/mol. The Morgan fingerprint density at radius 1 is 1.16 bits per heavy atom. The van der Waals surface area contributed by atoms with Gasteiger partial charge in [0.2, 0.25) is 0 Å². The van der Waals surface area contributed by atoms with Crippen molar-refractivity contribution in [3.63, 3.8) is 0 Å². The van der Waals surface area contributed by atoms with Crippen LogP contribution in [0.5, 0.6) is 5.75 Å². The first-order valence-corrected chi connectivity index (χ1v) is 8.34. The molecular weight excluding hydrogens is 346 g/mol. The van der Waals surface area contributed by atoms with Gasteiger partial charge in [-0.25, -0.2) is 13.8 Å². The van der Waals surface area contributed by atoms with Gasteiger partial charge in [0, 0.05) is 10.9 Å². The first kappa shape index (κ1) is 17.0. The molecule has 1 atom stereocenters. The third-order valence-electron chi connectivity index (χ3n) is 3.38. The first-order valence-electron chi connectivity index (χ1n) is 7.46. The topological polar surface area (TPSA) is 51.2 Å². The Bertz CT molecular complexity index is 881. The van der Waals surface area contributed by atoms with E-state index >= 15 is 0 Å². The number of rotatable bonds is 5. The molecule has 0 unspecified atom stereocenters. The maximum absolute atomic E-state index is 13.6. The highest BCUT2D eigenvalue weighted by Gasteiger charge is 2.18. The zero-order chi connectivity index (χ0) is 17.8. The van der Waals surface area contributed by atoms with Crippen molar-refractivity contribution in [2.45, 2.75) is 13.0 Å². The molecule has 0 spiro atoms. The van der Waals surface area contributed by atoms with E-state index in [1.165, 1.54) is 42.5 Å². The molecular formula is C18H14F2N2O2S. The predicted octanol–water partition coefficient (Wildman–Crippen LogP) is 4.49. The van der Waals surface area contributed by atoms with E-state index in [0.717, 1.165) is 5.56 Å². The van der Waals surface area contributed by atoms with Crippen molar-refractivity contribution < 1.29 is 18.3 Å². The summed E-state index contributed by atoms with van der Waals surface area (Å²) in [5.41, 5.74) is 1.37. The standard InChI is InChI=1S/C18H14F2N2O2S/c1-11(24-16-5-3-2-4-14(16)20)17(23)22-18-21-15(10-25-18)12-6-8-13(19)9-7-12/h2-11H,1H3,(H,21,22,23)/t11-/m1/s1. The third kappa shape index (κ3) is 4.19. The summed E-state index contributed by atoms with van der Waals surface area (Å²) in [7, 11) is 0. The van der Waals surface area contributed by atoms with Crippen molar-refractivity contribution in [1.82, 2.24) is 4.98 Å². The molecule has 0 saturated heterocycles. The Labute approximate surface area is 147 Å². The molecule has 0 aliphatic heterocycles. The van der Waals surface area contributed by atoms with E-state index in [2.05, 4.69) is 10.3 Å². The molecule has 4 nitrogen and oxygen atoms in total. The largest absolute Gasteiger partial charge is 0.478 e. The summed E-state index contributed by atoms with van der Waals surface area (Å²) in [6.45, 7) is 1.52. The van der Waals surface area contributed by atoms with Gasteiger partial charge >= 0.3 is 0 Å². The van der Waals surface area contributed by atoms with Gasteiger partial charge < -0.3 is 4.74 Å². The van der Waals surface area contributed by atoms with E-state index in [1.54, 1.807) is 29.6 Å². The van der Waals surface area contributed by atoms with E-state index in [9.17, 15) is 13.6 Å². The molecule has 1 amide bonds. The number of para-hydroxylation sites is 1. The van der Waals surface area contributed by atoms with Crippen LogP contribution >= 0.6 is 11.3 Å². The minimum Gasteiger partial charge on any atom is -0.478 e. The number of nitrogens with zero attached hydrogens (tertiary/aromatic N) is 1. The maximum atomic E-state index is 13.6. The smallest absolute Gasteiger partial charge is 0.266 e. The van der Waals surface area contributed by atoms with Crippen molar-refractivity contribution in [3.05, 3.63) is 65.5 Å². The Kier molecular flexibility index (Phi) is 5.04. The van der Waals surface area contributed by atoms with Gasteiger partial charge in [-0.15, -0.1) is 11.3 Å². The number of amides is 1. The molecule has 0 fully saturated rings. The first-order chi connectivity index (χ1) is 12.0. The van der Waals surface area contributed by atoms with E-state index < -0.39 is 17.8 Å². The number of thiazole rings is 1. The number of ether oxygens (including phenoxy) is 1. The van der Waals surface area contributed by atoms with E-state index in [0.29, 0.717) is 10.8 Å². The lowest BCUT2D eigenvalue weighted by Crippen LogP contribution is -2.30. The molecule has 0 radical (unpaired) electrons. The van der Waals surface area contributed by atoms with Gasteiger partial charge in [-0.1, -0.05) is 12.1 Å². The number of carbonyl (C=O) groups excluding carboxylic acids is 1. The van der Waals surface area contributed by atoms with Gasteiger partial charge in [-0.2, -0.15) is 0 Å². The van der Waals surface area contributed by atoms with Crippen LogP contribution in [-0.2, 0) is 4.79 Å². The van der Waals surface area contributed by atoms with Crippen molar-refractivity contribution in [2.75, 3.05) is 5.32 Å². The zero-order valence-electron chi connectivity index (χ0n) is 13.2. The number of carbonyl (C=O) groups is 1. The molecule has 1 aromatic heterocycles. The fourth-order valence-electron chi connectivity index (χ4n) is 2.08. The van der Waals surface area contributed by atoms with Crippen LogP contribution in [0, 0.1) is 11.6 Å². The molecule has 25 heavy (non-hydrogen) atoms. The summed E-state index contributed by atoms with van der Waals surface area (Å²) in [4.78, 5) is 16.5. The summed E-state index contributed by atoms with van der Waals surface area (Å²) < 4.78 is 31.9. The predicted molar refractivity (Wildman–Crippen MR) is 92.6 cm³/mol. The molecule has 3 rings (SSSR count). The number of anilines is 1. The minimum absolute atomic E-state index is 0.0105. The van der Waals surface area contributed by atoms with Crippen LogP contribution < -0.4 is 10.1 Å². The molecule has 0 aliphatic carbocycles. The molecule has 128 valence electrons. The van der Waals surface area contributed by atoms with Crippen LogP contribution in [-0.4, -0.2) is 17.0 Å². The highest BCUT2D eigenvalue weighted by atomic mass is 32.1. The van der Waals surface area contributed by atoms with Crippen molar-refractivity contribution in [3.8, 4) is 17.0 Å². The average molecular weight is 360 g/mol. The van der Waals surface area contributed by atoms with Gasteiger partial charge in [0.25, 0.3) is 5.91 Å². The second-order valence-corrected chi connectivity index (χ2v) is 6.08. The summed E-state index contributed by atoms with van der Waals surface area (Å²) in [6.07, 6.45) is -0.893. The normalized spacial score (nSPS) is 11.8. The third-order valence-corrected chi connectivity index (χ3v) is 4.14. The lowest BCUT2D eigenvalue weighted by Gasteiger charge is -2.14. The molecule has 0 saturated carbocycles. The minimum atomic E-state index is -0.893. The van der Waals surface area contributed by atoms with Gasteiger partial charge in [0.05, 0.1) is 5.69 Å². The zero-order valence-corrected chi connectivity index (χ0v) is 14.0. The SMILES string of the molecule is C[C@@H](Oc1ccccc1F)C(=O)Nc1nc(-c2ccc(F)cc2)cs1. The summed E-state index contributed by atoms with van der Waals surface area (Å²) in [5.74, 6) is -1.29. The van der Waals surface area contributed by atoms with Crippen molar-refractivity contribution in [2.24, 2.45) is 0 Å². The van der Waals surface area contributed by atoms with Gasteiger partial charge in [0.1, 0.15) is 5.82 Å². The number of hydrogen-bond donors (Lipinski definition) is 1. The molecule has 0 bridgehead atoms. The van der Waals surface area contributed by atoms with Gasteiger partial charge in [-0.05, 0) is 43.3 Å². The van der Waals surface area contributed by atoms with Crippen LogP contribution in [0.25, 0.3) is 11.3 Å². The van der Waals surface area contributed by atoms with E-state index in [4.69, 9.17) is 4.74 Å². The lowest BCUT2D eigenvalue weighted by molar-refractivity contribution is -0.122. The Morgan fingerprint density at radius 2 is 1.88 bits per heavy atom. The average Bonchev–Trinajstić information content (AvgIpc) is 3.06. The fourth-order valence-corrected chi connectivity index (χ4v) is 2.80. The summed E-state index contributed by atoms with van der Waals surface area (Å²) in [6, 6.07) is 11.8. The van der Waals surface area contributed by atoms with Crippen LogP contribution in [0.4, 0.5) is 13.9 Å². The van der Waals surface area contributed by atoms with E-state index in [1.807, 2.05) is 0 Å². The number of benzene rings is 2. The van der Waals surface area contributed by atoms with Gasteiger partial charge in [0.15, 0.2) is 22.8 Å². The highest BCUT2D eigenvalue weighted by Crippen LogP contribution is 2.25. The van der Waals surface area contributed by atoms with Crippen molar-refractivity contribution in [1.29, 1.82) is 0 Å². The van der Waals surface area contributed by atoms with E-state index in [-0.39, 0.29) is 11.6 Å². The molecule has 2 aromatic carbocycles. The number of halogens is 2. The molecule has 7 heteroatoms.